The predicted octanol–water partition coefficient (Wildman–Crippen LogP) is 2.42. The minimum Gasteiger partial charge on any atom is -0.444 e. The summed E-state index contributed by atoms with van der Waals surface area (Å²) in [7, 11) is 0. The molecule has 100 valence electrons. The summed E-state index contributed by atoms with van der Waals surface area (Å²) in [5.41, 5.74) is 5.51. The van der Waals surface area contributed by atoms with Crippen molar-refractivity contribution in [1.82, 2.24) is 5.32 Å². The molecule has 4 heteroatoms. The van der Waals surface area contributed by atoms with Crippen molar-refractivity contribution in [3.05, 3.63) is 0 Å². The highest BCUT2D eigenvalue weighted by Crippen LogP contribution is 2.25. The molecule has 0 aromatic carbocycles. The number of hydrogen-bond donors (Lipinski definition) is 2. The van der Waals surface area contributed by atoms with Crippen molar-refractivity contribution < 1.29 is 9.53 Å². The third-order valence-corrected chi connectivity index (χ3v) is 3.04. The van der Waals surface area contributed by atoms with Gasteiger partial charge in [-0.15, -0.1) is 0 Å². The fourth-order valence-electron chi connectivity index (χ4n) is 2.29. The lowest BCUT2D eigenvalue weighted by molar-refractivity contribution is 0.0524. The van der Waals surface area contributed by atoms with Gasteiger partial charge in [0.15, 0.2) is 0 Å². The van der Waals surface area contributed by atoms with Crippen molar-refractivity contribution in [3.63, 3.8) is 0 Å². The zero-order chi connectivity index (χ0) is 12.9. The van der Waals surface area contributed by atoms with Crippen LogP contribution in [-0.2, 0) is 4.74 Å². The molecule has 1 aliphatic rings. The van der Waals surface area contributed by atoms with Gasteiger partial charge >= 0.3 is 6.09 Å². The summed E-state index contributed by atoms with van der Waals surface area (Å²) in [5.74, 6) is 0.661. The maximum absolute atomic E-state index is 11.4. The van der Waals surface area contributed by atoms with Gasteiger partial charge in [0, 0.05) is 12.6 Å². The van der Waals surface area contributed by atoms with Crippen LogP contribution in [0.2, 0.25) is 0 Å². The second-order valence-electron chi connectivity index (χ2n) is 6.01. The molecule has 4 nitrogen and oxygen atoms in total. The zero-order valence-electron chi connectivity index (χ0n) is 11.3. The highest BCUT2D eigenvalue weighted by atomic mass is 16.6. The van der Waals surface area contributed by atoms with Crippen LogP contribution in [0.4, 0.5) is 4.79 Å². The van der Waals surface area contributed by atoms with Gasteiger partial charge in [0.05, 0.1) is 0 Å². The van der Waals surface area contributed by atoms with E-state index in [1.165, 1.54) is 12.8 Å². The first kappa shape index (κ1) is 14.3. The number of amides is 1. The minimum atomic E-state index is -0.419. The van der Waals surface area contributed by atoms with E-state index in [2.05, 4.69) is 5.32 Å². The topological polar surface area (TPSA) is 64.3 Å². The monoisotopic (exact) mass is 242 g/mol. The number of carbonyl (C=O) groups is 1. The number of ether oxygens (including phenoxy) is 1. The molecule has 2 unspecified atom stereocenters. The molecule has 2 atom stereocenters. The maximum atomic E-state index is 11.4. The quantitative estimate of drug-likeness (QED) is 0.799. The van der Waals surface area contributed by atoms with Crippen molar-refractivity contribution in [2.75, 3.05) is 6.54 Å². The standard InChI is InChI=1S/C13H26N2O2/c1-13(2,3)17-12(16)15-8-7-10-5-4-6-11(14)9-10/h10-11H,4-9,14H2,1-3H3,(H,15,16). The van der Waals surface area contributed by atoms with Crippen molar-refractivity contribution in [3.8, 4) is 0 Å². The summed E-state index contributed by atoms with van der Waals surface area (Å²) in [6, 6.07) is 0.357. The van der Waals surface area contributed by atoms with Crippen LogP contribution in [0.1, 0.15) is 52.9 Å². The molecule has 1 fully saturated rings. The van der Waals surface area contributed by atoms with Crippen LogP contribution in [-0.4, -0.2) is 24.3 Å². The molecule has 0 saturated heterocycles. The van der Waals surface area contributed by atoms with Crippen molar-refractivity contribution >= 4 is 6.09 Å². The fourth-order valence-corrected chi connectivity index (χ4v) is 2.29. The average Bonchev–Trinajstić information content (AvgIpc) is 2.14. The lowest BCUT2D eigenvalue weighted by Crippen LogP contribution is -2.34. The van der Waals surface area contributed by atoms with Gasteiger partial charge in [-0.05, 0) is 46.0 Å². The lowest BCUT2D eigenvalue weighted by atomic mass is 9.84. The Morgan fingerprint density at radius 2 is 2.12 bits per heavy atom. The first-order valence-corrected chi connectivity index (χ1v) is 6.59. The largest absolute Gasteiger partial charge is 0.444 e. The lowest BCUT2D eigenvalue weighted by Gasteiger charge is -2.26. The van der Waals surface area contributed by atoms with Crippen LogP contribution in [0.3, 0.4) is 0 Å². The van der Waals surface area contributed by atoms with Crippen LogP contribution >= 0.6 is 0 Å². The van der Waals surface area contributed by atoms with E-state index in [-0.39, 0.29) is 6.09 Å². The molecule has 1 saturated carbocycles. The Balaban J connectivity index is 2.13. The number of carbonyl (C=O) groups excluding carboxylic acids is 1. The molecule has 0 bridgehead atoms. The third kappa shape index (κ3) is 6.51. The summed E-state index contributed by atoms with van der Waals surface area (Å²) in [6.07, 6.45) is 5.39. The Labute approximate surface area is 104 Å². The van der Waals surface area contributed by atoms with Crippen molar-refractivity contribution in [1.29, 1.82) is 0 Å². The van der Waals surface area contributed by atoms with Gasteiger partial charge in [-0.3, -0.25) is 0 Å². The van der Waals surface area contributed by atoms with Gasteiger partial charge in [0.1, 0.15) is 5.60 Å². The molecule has 0 heterocycles. The van der Waals surface area contributed by atoms with Crippen LogP contribution in [0.15, 0.2) is 0 Å². The fraction of sp³-hybridized carbons (Fsp3) is 0.923. The summed E-state index contributed by atoms with van der Waals surface area (Å²) < 4.78 is 5.17. The molecule has 0 radical (unpaired) electrons. The first-order chi connectivity index (χ1) is 7.87. The molecule has 0 aromatic heterocycles. The van der Waals surface area contributed by atoms with Gasteiger partial charge in [0.2, 0.25) is 0 Å². The number of hydrogen-bond acceptors (Lipinski definition) is 3. The zero-order valence-corrected chi connectivity index (χ0v) is 11.3. The van der Waals surface area contributed by atoms with E-state index in [1.54, 1.807) is 0 Å². The van der Waals surface area contributed by atoms with Gasteiger partial charge < -0.3 is 15.8 Å². The van der Waals surface area contributed by atoms with Crippen LogP contribution in [0, 0.1) is 5.92 Å². The number of rotatable bonds is 3. The van der Waals surface area contributed by atoms with Gasteiger partial charge in [-0.1, -0.05) is 12.8 Å². The highest BCUT2D eigenvalue weighted by molar-refractivity contribution is 5.67. The number of alkyl carbamates (subject to hydrolysis) is 1. The predicted molar refractivity (Wildman–Crippen MR) is 68.8 cm³/mol. The molecule has 1 amide bonds. The Bertz CT molecular complexity index is 248. The van der Waals surface area contributed by atoms with Gasteiger partial charge in [0.25, 0.3) is 0 Å². The van der Waals surface area contributed by atoms with Crippen molar-refractivity contribution in [2.24, 2.45) is 11.7 Å². The smallest absolute Gasteiger partial charge is 0.407 e. The molecule has 0 aliphatic heterocycles. The van der Waals surface area contributed by atoms with Crippen LogP contribution < -0.4 is 11.1 Å². The normalized spacial score (nSPS) is 25.4. The van der Waals surface area contributed by atoms with E-state index in [9.17, 15) is 4.79 Å². The summed E-state index contributed by atoms with van der Waals surface area (Å²) in [6.45, 7) is 6.29. The van der Waals surface area contributed by atoms with E-state index < -0.39 is 5.60 Å². The SMILES string of the molecule is CC(C)(C)OC(=O)NCCC1CCCC(N)C1. The molecular formula is C13H26N2O2. The van der Waals surface area contributed by atoms with Gasteiger partial charge in [-0.2, -0.15) is 0 Å². The molecule has 1 aliphatic carbocycles. The van der Waals surface area contributed by atoms with Gasteiger partial charge in [-0.25, -0.2) is 4.79 Å². The Morgan fingerprint density at radius 3 is 2.71 bits per heavy atom. The van der Waals surface area contributed by atoms with E-state index in [1.807, 2.05) is 20.8 Å². The molecular weight excluding hydrogens is 216 g/mol. The molecule has 1 rings (SSSR count). The summed E-state index contributed by atoms with van der Waals surface area (Å²) in [4.78, 5) is 11.4. The van der Waals surface area contributed by atoms with Crippen LogP contribution in [0.25, 0.3) is 0 Å². The van der Waals surface area contributed by atoms with E-state index >= 15 is 0 Å². The van der Waals surface area contributed by atoms with E-state index in [4.69, 9.17) is 10.5 Å². The second kappa shape index (κ2) is 6.24. The third-order valence-electron chi connectivity index (χ3n) is 3.04. The Morgan fingerprint density at radius 1 is 1.41 bits per heavy atom. The summed E-state index contributed by atoms with van der Waals surface area (Å²) >= 11 is 0. The van der Waals surface area contributed by atoms with E-state index in [0.717, 1.165) is 19.3 Å². The van der Waals surface area contributed by atoms with Crippen LogP contribution in [0.5, 0.6) is 0 Å². The minimum absolute atomic E-state index is 0.322. The molecule has 0 aromatic rings. The molecule has 3 N–H and O–H groups in total. The Hall–Kier alpha value is -0.770. The molecule has 17 heavy (non-hydrogen) atoms. The Kier molecular flexibility index (Phi) is 5.25. The first-order valence-electron chi connectivity index (χ1n) is 6.59. The summed E-state index contributed by atoms with van der Waals surface area (Å²) in [5, 5.41) is 2.80. The number of nitrogens with two attached hydrogens (primary N) is 1. The number of nitrogens with one attached hydrogen (secondary N) is 1. The molecule has 0 spiro atoms. The maximum Gasteiger partial charge on any atom is 0.407 e. The highest BCUT2D eigenvalue weighted by Gasteiger charge is 2.20. The average molecular weight is 242 g/mol. The van der Waals surface area contributed by atoms with E-state index in [0.29, 0.717) is 18.5 Å². The van der Waals surface area contributed by atoms with Crippen molar-refractivity contribution in [2.45, 2.75) is 64.5 Å². The second-order valence-corrected chi connectivity index (χ2v) is 6.01.